The van der Waals surface area contributed by atoms with E-state index in [4.69, 9.17) is 9.15 Å². The van der Waals surface area contributed by atoms with Gasteiger partial charge in [0.15, 0.2) is 11.6 Å². The molecule has 8 heteroatoms. The van der Waals surface area contributed by atoms with Gasteiger partial charge < -0.3 is 14.5 Å². The van der Waals surface area contributed by atoms with E-state index < -0.39 is 23.4 Å². The molecule has 1 aliphatic rings. The van der Waals surface area contributed by atoms with Gasteiger partial charge in [-0.3, -0.25) is 14.5 Å². The third-order valence-electron chi connectivity index (χ3n) is 4.87. The van der Waals surface area contributed by atoms with Crippen LogP contribution in [0.5, 0.6) is 5.75 Å². The predicted molar refractivity (Wildman–Crippen MR) is 113 cm³/mol. The summed E-state index contributed by atoms with van der Waals surface area (Å²) in [5.41, 5.74) is 0.711. The first-order chi connectivity index (χ1) is 15.5. The van der Waals surface area contributed by atoms with E-state index in [1.807, 2.05) is 6.92 Å². The molecule has 0 unspecified atom stereocenters. The van der Waals surface area contributed by atoms with E-state index in [9.17, 15) is 18.4 Å². The van der Waals surface area contributed by atoms with Crippen molar-refractivity contribution >= 4 is 23.1 Å². The molecule has 1 aromatic heterocycles. The van der Waals surface area contributed by atoms with Crippen molar-refractivity contribution in [3.63, 3.8) is 0 Å². The molecule has 0 fully saturated rings. The molecular formula is C24H20F2N2O4. The summed E-state index contributed by atoms with van der Waals surface area (Å²) in [6.07, 6.45) is 2.30. The van der Waals surface area contributed by atoms with Crippen LogP contribution in [0.15, 0.2) is 71.0 Å². The highest BCUT2D eigenvalue weighted by Crippen LogP contribution is 2.32. The number of carbonyl (C=O) groups excluding carboxylic acids is 2. The number of nitrogens with zero attached hydrogens (tertiary/aromatic N) is 1. The van der Waals surface area contributed by atoms with Crippen LogP contribution in [0.1, 0.15) is 24.7 Å². The maximum atomic E-state index is 13.7. The zero-order chi connectivity index (χ0) is 22.7. The zero-order valence-corrected chi connectivity index (χ0v) is 17.2. The van der Waals surface area contributed by atoms with E-state index >= 15 is 0 Å². The first-order valence-electron chi connectivity index (χ1n) is 10.1. The first kappa shape index (κ1) is 21.3. The summed E-state index contributed by atoms with van der Waals surface area (Å²) >= 11 is 0. The highest BCUT2D eigenvalue weighted by Gasteiger charge is 2.39. The number of anilines is 1. The third kappa shape index (κ3) is 4.25. The Morgan fingerprint density at radius 3 is 2.44 bits per heavy atom. The molecule has 0 bridgehead atoms. The van der Waals surface area contributed by atoms with Crippen LogP contribution in [0.3, 0.4) is 0 Å². The van der Waals surface area contributed by atoms with Crippen molar-refractivity contribution in [2.24, 2.45) is 0 Å². The number of carbonyl (C=O) groups is 2. The Balaban J connectivity index is 1.71. The Hall–Kier alpha value is -3.94. The van der Waals surface area contributed by atoms with Gasteiger partial charge in [-0.25, -0.2) is 8.78 Å². The molecule has 3 aromatic rings. The van der Waals surface area contributed by atoms with Crippen molar-refractivity contribution in [1.29, 1.82) is 0 Å². The zero-order valence-electron chi connectivity index (χ0n) is 17.2. The number of hydrogen-bond donors (Lipinski definition) is 1. The number of halogens is 2. The maximum absolute atomic E-state index is 13.7. The van der Waals surface area contributed by atoms with Crippen molar-refractivity contribution in [2.45, 2.75) is 19.9 Å². The van der Waals surface area contributed by atoms with Crippen LogP contribution in [0.25, 0.3) is 5.57 Å². The molecule has 0 radical (unpaired) electrons. The number of ether oxygens (including phenoxy) is 1. The quantitative estimate of drug-likeness (QED) is 0.515. The molecule has 2 amide bonds. The van der Waals surface area contributed by atoms with Crippen molar-refractivity contribution < 1.29 is 27.5 Å². The SMILES string of the molecule is CCCOc1ccc(C2=C(Nc3ccc(F)c(F)c3)C(=O)N(Cc3ccco3)C2=O)cc1. The van der Waals surface area contributed by atoms with E-state index in [-0.39, 0.29) is 23.5 Å². The Kier molecular flexibility index (Phi) is 6.02. The van der Waals surface area contributed by atoms with Gasteiger partial charge in [0.25, 0.3) is 11.8 Å². The van der Waals surface area contributed by atoms with Crippen LogP contribution < -0.4 is 10.1 Å². The molecule has 0 saturated heterocycles. The number of amides is 2. The van der Waals surface area contributed by atoms with Crippen molar-refractivity contribution in [2.75, 3.05) is 11.9 Å². The number of rotatable bonds is 8. The second-order valence-corrected chi connectivity index (χ2v) is 7.15. The summed E-state index contributed by atoms with van der Waals surface area (Å²) in [5.74, 6) is -2.14. The molecule has 1 N–H and O–H groups in total. The van der Waals surface area contributed by atoms with Crippen LogP contribution in [0.4, 0.5) is 14.5 Å². The van der Waals surface area contributed by atoms with Gasteiger partial charge in [-0.05, 0) is 48.4 Å². The second-order valence-electron chi connectivity index (χ2n) is 7.15. The van der Waals surface area contributed by atoms with Crippen molar-refractivity contribution in [3.8, 4) is 5.75 Å². The second kappa shape index (κ2) is 9.05. The average molecular weight is 438 g/mol. The number of hydrogen-bond acceptors (Lipinski definition) is 5. The fraction of sp³-hybridized carbons (Fsp3) is 0.167. The molecule has 2 heterocycles. The molecule has 0 spiro atoms. The lowest BCUT2D eigenvalue weighted by atomic mass is 10.0. The highest BCUT2D eigenvalue weighted by molar-refractivity contribution is 6.36. The fourth-order valence-corrected chi connectivity index (χ4v) is 3.32. The Morgan fingerprint density at radius 1 is 1.00 bits per heavy atom. The van der Waals surface area contributed by atoms with Gasteiger partial charge in [0.05, 0.1) is 25.0 Å². The van der Waals surface area contributed by atoms with Gasteiger partial charge >= 0.3 is 0 Å². The third-order valence-corrected chi connectivity index (χ3v) is 4.87. The molecule has 2 aromatic carbocycles. The normalized spacial score (nSPS) is 13.8. The average Bonchev–Trinajstić information content (AvgIpc) is 3.38. The summed E-state index contributed by atoms with van der Waals surface area (Å²) in [6.45, 7) is 2.49. The van der Waals surface area contributed by atoms with Crippen LogP contribution in [0, 0.1) is 11.6 Å². The summed E-state index contributed by atoms with van der Waals surface area (Å²) in [6, 6.07) is 13.2. The van der Waals surface area contributed by atoms with E-state index in [2.05, 4.69) is 5.32 Å². The summed E-state index contributed by atoms with van der Waals surface area (Å²) in [4.78, 5) is 27.4. The summed E-state index contributed by atoms with van der Waals surface area (Å²) < 4.78 is 37.9. The number of furan rings is 1. The minimum Gasteiger partial charge on any atom is -0.494 e. The first-order valence-corrected chi connectivity index (χ1v) is 10.1. The molecule has 0 aliphatic carbocycles. The van der Waals surface area contributed by atoms with Gasteiger partial charge in [-0.1, -0.05) is 19.1 Å². The molecule has 0 atom stereocenters. The van der Waals surface area contributed by atoms with Crippen LogP contribution in [0.2, 0.25) is 0 Å². The Labute approximate surface area is 183 Å². The highest BCUT2D eigenvalue weighted by atomic mass is 19.2. The molecule has 6 nitrogen and oxygen atoms in total. The minimum absolute atomic E-state index is 0.0326. The Bertz CT molecular complexity index is 1170. The van der Waals surface area contributed by atoms with E-state index in [1.165, 1.54) is 12.3 Å². The topological polar surface area (TPSA) is 71.8 Å². The van der Waals surface area contributed by atoms with Gasteiger partial charge in [0.2, 0.25) is 0 Å². The van der Waals surface area contributed by atoms with Crippen LogP contribution in [-0.4, -0.2) is 23.3 Å². The summed E-state index contributed by atoms with van der Waals surface area (Å²) in [5, 5.41) is 2.80. The Morgan fingerprint density at radius 2 is 1.78 bits per heavy atom. The number of imide groups is 1. The fourth-order valence-electron chi connectivity index (χ4n) is 3.32. The smallest absolute Gasteiger partial charge is 0.278 e. The minimum atomic E-state index is -1.07. The molecule has 0 saturated carbocycles. The van der Waals surface area contributed by atoms with Crippen molar-refractivity contribution in [3.05, 3.63) is 89.5 Å². The van der Waals surface area contributed by atoms with Crippen molar-refractivity contribution in [1.82, 2.24) is 4.90 Å². The lowest BCUT2D eigenvalue weighted by Gasteiger charge is -2.13. The largest absolute Gasteiger partial charge is 0.494 e. The lowest BCUT2D eigenvalue weighted by molar-refractivity contribution is -0.137. The maximum Gasteiger partial charge on any atom is 0.278 e. The predicted octanol–water partition coefficient (Wildman–Crippen LogP) is 4.74. The molecule has 4 rings (SSSR count). The lowest BCUT2D eigenvalue weighted by Crippen LogP contribution is -2.31. The molecule has 164 valence electrons. The molecular weight excluding hydrogens is 418 g/mol. The van der Waals surface area contributed by atoms with Gasteiger partial charge in [0, 0.05) is 11.8 Å². The van der Waals surface area contributed by atoms with Crippen LogP contribution >= 0.6 is 0 Å². The van der Waals surface area contributed by atoms with Gasteiger partial charge in [-0.2, -0.15) is 0 Å². The van der Waals surface area contributed by atoms with Crippen LogP contribution in [-0.2, 0) is 16.1 Å². The van der Waals surface area contributed by atoms with E-state index in [0.717, 1.165) is 23.5 Å². The van der Waals surface area contributed by atoms with Gasteiger partial charge in [-0.15, -0.1) is 0 Å². The standard InChI is InChI=1S/C24H20F2N2O4/c1-2-11-31-17-8-5-15(6-9-17)21-22(27-16-7-10-19(25)20(26)13-16)24(30)28(23(21)29)14-18-4-3-12-32-18/h3-10,12-13,27H,2,11,14H2,1H3. The van der Waals surface area contributed by atoms with E-state index in [1.54, 1.807) is 36.4 Å². The van der Waals surface area contributed by atoms with E-state index in [0.29, 0.717) is 23.7 Å². The number of benzene rings is 2. The monoisotopic (exact) mass is 438 g/mol. The van der Waals surface area contributed by atoms with Gasteiger partial charge in [0.1, 0.15) is 17.2 Å². The number of nitrogens with one attached hydrogen (secondary N) is 1. The summed E-state index contributed by atoms with van der Waals surface area (Å²) in [7, 11) is 0. The molecule has 32 heavy (non-hydrogen) atoms. The molecule has 1 aliphatic heterocycles.